The summed E-state index contributed by atoms with van der Waals surface area (Å²) < 4.78 is 0. The van der Waals surface area contributed by atoms with Crippen molar-refractivity contribution < 1.29 is 4.79 Å². The van der Waals surface area contributed by atoms with Crippen LogP contribution in [0.25, 0.3) is 0 Å². The number of carbonyl (C=O) groups is 1. The molecule has 1 aromatic rings. The van der Waals surface area contributed by atoms with Crippen molar-refractivity contribution in [1.82, 2.24) is 15.5 Å². The number of rotatable bonds is 6. The smallest absolute Gasteiger partial charge is 0.223 e. The van der Waals surface area contributed by atoms with Crippen molar-refractivity contribution >= 4 is 11.9 Å². The predicted octanol–water partition coefficient (Wildman–Crippen LogP) is 1.97. The van der Waals surface area contributed by atoms with Gasteiger partial charge in [0, 0.05) is 38.0 Å². The molecule has 0 aromatic heterocycles. The van der Waals surface area contributed by atoms with Crippen LogP contribution in [0.3, 0.4) is 0 Å². The highest BCUT2D eigenvalue weighted by molar-refractivity contribution is 5.81. The molecule has 1 aromatic carbocycles. The van der Waals surface area contributed by atoms with E-state index in [4.69, 9.17) is 4.99 Å². The van der Waals surface area contributed by atoms with Crippen molar-refractivity contribution in [3.63, 3.8) is 0 Å². The molecular weight excluding hydrogens is 300 g/mol. The molecule has 0 bridgehead atoms. The number of likely N-dealkylation sites (tertiary alicyclic amines) is 1. The average Bonchev–Trinajstić information content (AvgIpc) is 3.35. The Labute approximate surface area is 144 Å². The van der Waals surface area contributed by atoms with Gasteiger partial charge in [-0.15, -0.1) is 0 Å². The third-order valence-electron chi connectivity index (χ3n) is 4.71. The molecule has 2 N–H and O–H groups in total. The van der Waals surface area contributed by atoms with Gasteiger partial charge in [0.05, 0.1) is 6.54 Å². The normalized spacial score (nSPS) is 21.0. The summed E-state index contributed by atoms with van der Waals surface area (Å²) >= 11 is 0. The third-order valence-corrected chi connectivity index (χ3v) is 4.71. The zero-order chi connectivity index (χ0) is 16.8. The van der Waals surface area contributed by atoms with E-state index >= 15 is 0 Å². The van der Waals surface area contributed by atoms with Crippen LogP contribution in [0.15, 0.2) is 35.3 Å². The van der Waals surface area contributed by atoms with Crippen molar-refractivity contribution in [2.75, 3.05) is 32.7 Å². The van der Waals surface area contributed by atoms with Gasteiger partial charge in [0.15, 0.2) is 5.96 Å². The first-order valence-electron chi connectivity index (χ1n) is 9.14. The molecule has 3 rings (SSSR count). The van der Waals surface area contributed by atoms with Crippen LogP contribution in [0, 0.1) is 5.92 Å². The Kier molecular flexibility index (Phi) is 5.72. The Hall–Kier alpha value is -2.04. The number of nitrogens with zero attached hydrogens (tertiary/aromatic N) is 2. The fraction of sp³-hybridized carbons (Fsp3) is 0.579. The van der Waals surface area contributed by atoms with E-state index in [1.54, 1.807) is 0 Å². The van der Waals surface area contributed by atoms with E-state index in [-0.39, 0.29) is 11.8 Å². The number of guanidine groups is 1. The topological polar surface area (TPSA) is 56.7 Å². The molecule has 1 aliphatic carbocycles. The number of hydrogen-bond donors (Lipinski definition) is 2. The third kappa shape index (κ3) is 4.49. The number of nitrogens with one attached hydrogen (secondary N) is 2. The Bertz CT molecular complexity index is 568. The first kappa shape index (κ1) is 16.8. The quantitative estimate of drug-likeness (QED) is 0.477. The van der Waals surface area contributed by atoms with Crippen LogP contribution in [0.2, 0.25) is 0 Å². The maximum Gasteiger partial charge on any atom is 0.223 e. The summed E-state index contributed by atoms with van der Waals surface area (Å²) in [5.41, 5.74) is 1.41. The van der Waals surface area contributed by atoms with Gasteiger partial charge in [0.1, 0.15) is 0 Å². The van der Waals surface area contributed by atoms with Gasteiger partial charge in [-0.05, 0) is 31.7 Å². The molecule has 5 nitrogen and oxygen atoms in total. The summed E-state index contributed by atoms with van der Waals surface area (Å²) in [5, 5.41) is 6.36. The fourth-order valence-electron chi connectivity index (χ4n) is 3.21. The van der Waals surface area contributed by atoms with Crippen LogP contribution < -0.4 is 10.6 Å². The largest absolute Gasteiger partial charge is 0.357 e. The number of hydrogen-bond acceptors (Lipinski definition) is 2. The van der Waals surface area contributed by atoms with Gasteiger partial charge in [-0.2, -0.15) is 0 Å². The minimum absolute atomic E-state index is 0.195. The molecule has 1 saturated heterocycles. The lowest BCUT2D eigenvalue weighted by Gasteiger charge is -2.21. The predicted molar refractivity (Wildman–Crippen MR) is 97.1 cm³/mol. The number of aliphatic imine (C=N–C) groups is 1. The van der Waals surface area contributed by atoms with Gasteiger partial charge in [0.25, 0.3) is 0 Å². The van der Waals surface area contributed by atoms with E-state index in [1.165, 1.54) is 5.56 Å². The molecule has 5 heteroatoms. The lowest BCUT2D eigenvalue weighted by Crippen LogP contribution is -2.40. The number of carbonyl (C=O) groups excluding carboxylic acids is 1. The van der Waals surface area contributed by atoms with Gasteiger partial charge >= 0.3 is 0 Å². The lowest BCUT2D eigenvalue weighted by atomic mass is 9.99. The summed E-state index contributed by atoms with van der Waals surface area (Å²) in [5.74, 6) is 2.01. The summed E-state index contributed by atoms with van der Waals surface area (Å²) in [6.07, 6.45) is 3.26. The number of benzene rings is 1. The van der Waals surface area contributed by atoms with E-state index in [0.717, 1.165) is 44.9 Å². The molecule has 130 valence electrons. The molecular formula is C19H28N4O. The van der Waals surface area contributed by atoms with E-state index < -0.39 is 0 Å². The number of amides is 1. The van der Waals surface area contributed by atoms with Crippen LogP contribution in [0.4, 0.5) is 0 Å². The minimum atomic E-state index is 0.195. The molecule has 2 fully saturated rings. The average molecular weight is 328 g/mol. The molecule has 1 atom stereocenters. The standard InChI is InChI=1S/C19H28N4O/c1-2-20-19(22-12-11-21-18(24)16-8-9-16)23-13-10-17(14-23)15-6-4-3-5-7-15/h3-7,16-17H,2,8-14H2,1H3,(H,20,22)(H,21,24). The van der Waals surface area contributed by atoms with Gasteiger partial charge in [0.2, 0.25) is 5.91 Å². The molecule has 1 amide bonds. The van der Waals surface area contributed by atoms with E-state index in [0.29, 0.717) is 19.0 Å². The second kappa shape index (κ2) is 8.18. The first-order valence-corrected chi connectivity index (χ1v) is 9.14. The summed E-state index contributed by atoms with van der Waals surface area (Å²) in [6, 6.07) is 10.7. The second-order valence-electron chi connectivity index (χ2n) is 6.64. The SMILES string of the molecule is CCNC(=NCCNC(=O)C1CC1)N1CCC(c2ccccc2)C1. The van der Waals surface area contributed by atoms with Gasteiger partial charge in [-0.25, -0.2) is 0 Å². The molecule has 1 aliphatic heterocycles. The summed E-state index contributed by atoms with van der Waals surface area (Å²) in [7, 11) is 0. The van der Waals surface area contributed by atoms with Crippen molar-refractivity contribution in [2.24, 2.45) is 10.9 Å². The minimum Gasteiger partial charge on any atom is -0.357 e. The molecule has 2 aliphatic rings. The zero-order valence-electron chi connectivity index (χ0n) is 14.5. The monoisotopic (exact) mass is 328 g/mol. The first-order chi connectivity index (χ1) is 11.8. The van der Waals surface area contributed by atoms with Crippen molar-refractivity contribution in [2.45, 2.75) is 32.1 Å². The van der Waals surface area contributed by atoms with Crippen LogP contribution in [-0.2, 0) is 4.79 Å². The van der Waals surface area contributed by atoms with Crippen LogP contribution in [-0.4, -0.2) is 49.5 Å². The lowest BCUT2D eigenvalue weighted by molar-refractivity contribution is -0.122. The zero-order valence-corrected chi connectivity index (χ0v) is 14.5. The van der Waals surface area contributed by atoms with Crippen molar-refractivity contribution in [3.05, 3.63) is 35.9 Å². The molecule has 0 radical (unpaired) electrons. The second-order valence-corrected chi connectivity index (χ2v) is 6.64. The molecule has 24 heavy (non-hydrogen) atoms. The highest BCUT2D eigenvalue weighted by Crippen LogP contribution is 2.28. The van der Waals surface area contributed by atoms with Gasteiger partial charge in [-0.1, -0.05) is 30.3 Å². The molecule has 1 saturated carbocycles. The fourth-order valence-corrected chi connectivity index (χ4v) is 3.21. The molecule has 1 unspecified atom stereocenters. The highest BCUT2D eigenvalue weighted by Gasteiger charge is 2.29. The van der Waals surface area contributed by atoms with Gasteiger partial charge in [-0.3, -0.25) is 9.79 Å². The summed E-state index contributed by atoms with van der Waals surface area (Å²) in [4.78, 5) is 18.7. The van der Waals surface area contributed by atoms with E-state index in [1.807, 2.05) is 0 Å². The van der Waals surface area contributed by atoms with Crippen molar-refractivity contribution in [1.29, 1.82) is 0 Å². The highest BCUT2D eigenvalue weighted by atomic mass is 16.2. The van der Waals surface area contributed by atoms with E-state index in [2.05, 4.69) is 52.8 Å². The van der Waals surface area contributed by atoms with Crippen LogP contribution in [0.1, 0.15) is 37.7 Å². The maximum atomic E-state index is 11.6. The van der Waals surface area contributed by atoms with E-state index in [9.17, 15) is 4.79 Å². The Morgan fingerprint density at radius 2 is 2.00 bits per heavy atom. The Morgan fingerprint density at radius 1 is 1.21 bits per heavy atom. The van der Waals surface area contributed by atoms with Crippen molar-refractivity contribution in [3.8, 4) is 0 Å². The van der Waals surface area contributed by atoms with Gasteiger partial charge < -0.3 is 15.5 Å². The van der Waals surface area contributed by atoms with Crippen LogP contribution >= 0.6 is 0 Å². The Balaban J connectivity index is 1.51. The summed E-state index contributed by atoms with van der Waals surface area (Å²) in [6.45, 7) is 6.24. The molecule has 1 heterocycles. The molecule has 0 spiro atoms. The Morgan fingerprint density at radius 3 is 2.71 bits per heavy atom. The maximum absolute atomic E-state index is 11.6. The van der Waals surface area contributed by atoms with Crippen LogP contribution in [0.5, 0.6) is 0 Å².